The van der Waals surface area contributed by atoms with Crippen molar-refractivity contribution in [2.24, 2.45) is 0 Å². The molecule has 1 heterocycles. The van der Waals surface area contributed by atoms with Gasteiger partial charge in [0, 0.05) is 16.5 Å². The van der Waals surface area contributed by atoms with Gasteiger partial charge in [0.25, 0.3) is 0 Å². The normalized spacial score (nSPS) is 12.3. The Kier molecular flexibility index (Phi) is 3.83. The molecule has 136 valence electrons. The van der Waals surface area contributed by atoms with Gasteiger partial charge in [-0.1, -0.05) is 60.7 Å². The standard InChI is InChI=1S/C24H17NO3/c26-24(27)28-23-19-8-4-5-9-21(19)25-22-18-12-10-16(15-6-2-1-3-7-15)14-17(18)11-13-20(22)23/h1-10,12,14H,11,13H2,(H,26,27). The second-order valence-corrected chi connectivity index (χ2v) is 6.89. The van der Waals surface area contributed by atoms with E-state index in [0.717, 1.165) is 34.1 Å². The van der Waals surface area contributed by atoms with Gasteiger partial charge in [-0.05, 0) is 41.7 Å². The van der Waals surface area contributed by atoms with Crippen LogP contribution in [0.2, 0.25) is 0 Å². The molecule has 0 atom stereocenters. The van der Waals surface area contributed by atoms with E-state index in [0.29, 0.717) is 12.2 Å². The quantitative estimate of drug-likeness (QED) is 0.460. The van der Waals surface area contributed by atoms with Crippen LogP contribution in [0.3, 0.4) is 0 Å². The molecule has 0 aliphatic heterocycles. The van der Waals surface area contributed by atoms with Gasteiger partial charge < -0.3 is 9.84 Å². The van der Waals surface area contributed by atoms with Gasteiger partial charge in [-0.15, -0.1) is 0 Å². The highest BCUT2D eigenvalue weighted by Gasteiger charge is 2.25. The molecule has 1 aliphatic carbocycles. The first-order valence-electron chi connectivity index (χ1n) is 9.22. The first-order chi connectivity index (χ1) is 13.7. The lowest BCUT2D eigenvalue weighted by Crippen LogP contribution is -2.12. The van der Waals surface area contributed by atoms with E-state index in [1.807, 2.05) is 42.5 Å². The molecule has 0 saturated heterocycles. The number of ether oxygens (including phenoxy) is 1. The van der Waals surface area contributed by atoms with Gasteiger partial charge in [-0.25, -0.2) is 9.78 Å². The number of carbonyl (C=O) groups is 1. The number of hydrogen-bond acceptors (Lipinski definition) is 3. The molecular weight excluding hydrogens is 350 g/mol. The highest BCUT2D eigenvalue weighted by atomic mass is 16.7. The lowest BCUT2D eigenvalue weighted by Gasteiger charge is -2.23. The van der Waals surface area contributed by atoms with Crippen molar-refractivity contribution in [1.82, 2.24) is 4.98 Å². The predicted octanol–water partition coefficient (Wildman–Crippen LogP) is 5.72. The average Bonchev–Trinajstić information content (AvgIpc) is 2.73. The highest BCUT2D eigenvalue weighted by Crippen LogP contribution is 2.42. The number of para-hydroxylation sites is 1. The Labute approximate surface area is 162 Å². The Morgan fingerprint density at radius 2 is 1.68 bits per heavy atom. The number of nitrogens with zero attached hydrogens (tertiary/aromatic N) is 1. The first-order valence-corrected chi connectivity index (χ1v) is 9.22. The molecular formula is C24H17NO3. The van der Waals surface area contributed by atoms with E-state index in [1.54, 1.807) is 0 Å². The van der Waals surface area contributed by atoms with E-state index in [1.165, 1.54) is 16.7 Å². The molecule has 0 fully saturated rings. The van der Waals surface area contributed by atoms with Crippen molar-refractivity contribution in [2.45, 2.75) is 12.8 Å². The Bertz CT molecular complexity index is 1220. The summed E-state index contributed by atoms with van der Waals surface area (Å²) in [7, 11) is 0. The fraction of sp³-hybridized carbons (Fsp3) is 0.0833. The predicted molar refractivity (Wildman–Crippen MR) is 109 cm³/mol. The molecule has 3 aromatic carbocycles. The summed E-state index contributed by atoms with van der Waals surface area (Å²) >= 11 is 0. The lowest BCUT2D eigenvalue weighted by atomic mass is 9.86. The summed E-state index contributed by atoms with van der Waals surface area (Å²) in [5, 5.41) is 9.97. The summed E-state index contributed by atoms with van der Waals surface area (Å²) in [5.74, 6) is 0.408. The maximum Gasteiger partial charge on any atom is 0.511 e. The number of benzene rings is 3. The van der Waals surface area contributed by atoms with Crippen LogP contribution >= 0.6 is 0 Å². The second-order valence-electron chi connectivity index (χ2n) is 6.89. The third-order valence-electron chi connectivity index (χ3n) is 5.24. The molecule has 1 aromatic heterocycles. The van der Waals surface area contributed by atoms with E-state index in [4.69, 9.17) is 9.72 Å². The van der Waals surface area contributed by atoms with E-state index in [9.17, 15) is 9.90 Å². The van der Waals surface area contributed by atoms with Gasteiger partial charge in [-0.2, -0.15) is 0 Å². The zero-order chi connectivity index (χ0) is 19.1. The number of pyridine rings is 1. The molecule has 4 heteroatoms. The van der Waals surface area contributed by atoms with E-state index >= 15 is 0 Å². The number of aromatic nitrogens is 1. The maximum atomic E-state index is 11.3. The van der Waals surface area contributed by atoms with Crippen molar-refractivity contribution < 1.29 is 14.6 Å². The minimum Gasteiger partial charge on any atom is -0.449 e. The van der Waals surface area contributed by atoms with Gasteiger partial charge in [0.1, 0.15) is 5.75 Å². The Balaban J connectivity index is 1.71. The monoisotopic (exact) mass is 367 g/mol. The van der Waals surface area contributed by atoms with Crippen molar-refractivity contribution in [3.8, 4) is 28.1 Å². The molecule has 0 unspecified atom stereocenters. The fourth-order valence-corrected chi connectivity index (χ4v) is 3.98. The van der Waals surface area contributed by atoms with Crippen LogP contribution in [0.1, 0.15) is 11.1 Å². The van der Waals surface area contributed by atoms with Gasteiger partial charge in [0.05, 0.1) is 11.2 Å². The first kappa shape index (κ1) is 16.5. The van der Waals surface area contributed by atoms with Crippen molar-refractivity contribution in [3.05, 3.63) is 83.9 Å². The molecule has 1 N–H and O–H groups in total. The van der Waals surface area contributed by atoms with Gasteiger partial charge in [0.2, 0.25) is 0 Å². The third kappa shape index (κ3) is 2.70. The topological polar surface area (TPSA) is 59.4 Å². The van der Waals surface area contributed by atoms with Crippen LogP contribution in [-0.4, -0.2) is 16.2 Å². The zero-order valence-corrected chi connectivity index (χ0v) is 15.1. The Hall–Kier alpha value is -3.66. The second kappa shape index (κ2) is 6.50. The summed E-state index contributed by atoms with van der Waals surface area (Å²) < 4.78 is 5.21. The number of hydrogen-bond donors (Lipinski definition) is 1. The minimum atomic E-state index is -1.30. The number of carboxylic acid groups (broad SMARTS) is 1. The maximum absolute atomic E-state index is 11.3. The SMILES string of the molecule is O=C(O)Oc1c2c(nc3ccccc13)-c1ccc(-c3ccccc3)cc1CC2. The van der Waals surface area contributed by atoms with Crippen LogP contribution in [0, 0.1) is 0 Å². The van der Waals surface area contributed by atoms with Crippen molar-refractivity contribution in [1.29, 1.82) is 0 Å². The molecule has 0 saturated carbocycles. The van der Waals surface area contributed by atoms with Crippen LogP contribution in [0.4, 0.5) is 4.79 Å². The van der Waals surface area contributed by atoms with Crippen LogP contribution in [0.15, 0.2) is 72.8 Å². The lowest BCUT2D eigenvalue weighted by molar-refractivity contribution is 0.144. The van der Waals surface area contributed by atoms with Crippen LogP contribution < -0.4 is 4.74 Å². The molecule has 28 heavy (non-hydrogen) atoms. The molecule has 4 nitrogen and oxygen atoms in total. The van der Waals surface area contributed by atoms with Gasteiger partial charge in [-0.3, -0.25) is 0 Å². The molecule has 0 amide bonds. The van der Waals surface area contributed by atoms with E-state index in [2.05, 4.69) is 30.3 Å². The van der Waals surface area contributed by atoms with E-state index in [-0.39, 0.29) is 0 Å². The molecule has 0 bridgehead atoms. The highest BCUT2D eigenvalue weighted by molar-refractivity contribution is 5.93. The number of fused-ring (bicyclic) bond motifs is 4. The summed E-state index contributed by atoms with van der Waals surface area (Å²) in [5.41, 5.74) is 7.03. The summed E-state index contributed by atoms with van der Waals surface area (Å²) in [6, 6.07) is 24.2. The van der Waals surface area contributed by atoms with Crippen molar-refractivity contribution in [3.63, 3.8) is 0 Å². The largest absolute Gasteiger partial charge is 0.511 e. The van der Waals surface area contributed by atoms with Crippen molar-refractivity contribution >= 4 is 17.1 Å². The molecule has 0 radical (unpaired) electrons. The van der Waals surface area contributed by atoms with E-state index < -0.39 is 6.16 Å². The third-order valence-corrected chi connectivity index (χ3v) is 5.24. The number of aryl methyl sites for hydroxylation is 1. The summed E-state index contributed by atoms with van der Waals surface area (Å²) in [6.45, 7) is 0. The summed E-state index contributed by atoms with van der Waals surface area (Å²) in [4.78, 5) is 16.2. The van der Waals surface area contributed by atoms with Gasteiger partial charge in [0.15, 0.2) is 0 Å². The number of rotatable bonds is 2. The fourth-order valence-electron chi connectivity index (χ4n) is 3.98. The smallest absolute Gasteiger partial charge is 0.449 e. The van der Waals surface area contributed by atoms with Crippen molar-refractivity contribution in [2.75, 3.05) is 0 Å². The van der Waals surface area contributed by atoms with Gasteiger partial charge >= 0.3 is 6.16 Å². The Morgan fingerprint density at radius 3 is 2.50 bits per heavy atom. The zero-order valence-electron chi connectivity index (χ0n) is 15.1. The molecule has 0 spiro atoms. The molecule has 1 aliphatic rings. The molecule has 5 rings (SSSR count). The van der Waals surface area contributed by atoms with Crippen LogP contribution in [-0.2, 0) is 12.8 Å². The average molecular weight is 367 g/mol. The molecule has 4 aromatic rings. The van der Waals surface area contributed by atoms with Crippen LogP contribution in [0.25, 0.3) is 33.3 Å². The van der Waals surface area contributed by atoms with Crippen LogP contribution in [0.5, 0.6) is 5.75 Å². The summed E-state index contributed by atoms with van der Waals surface area (Å²) in [6.07, 6.45) is 0.212. The minimum absolute atomic E-state index is 0.408. The Morgan fingerprint density at radius 1 is 0.893 bits per heavy atom.